The molecule has 24 heavy (non-hydrogen) atoms. The van der Waals surface area contributed by atoms with Gasteiger partial charge in [-0.2, -0.15) is 13.2 Å². The molecule has 0 saturated carbocycles. The maximum atomic E-state index is 12.6. The van der Waals surface area contributed by atoms with Crippen LogP contribution in [0.1, 0.15) is 24.4 Å². The van der Waals surface area contributed by atoms with E-state index in [2.05, 4.69) is 9.88 Å². The molecule has 0 radical (unpaired) electrons. The molecule has 2 aromatic rings. The van der Waals surface area contributed by atoms with Crippen molar-refractivity contribution in [2.75, 3.05) is 13.1 Å². The fourth-order valence-electron chi connectivity index (χ4n) is 3.05. The van der Waals surface area contributed by atoms with Crippen LogP contribution in [0.4, 0.5) is 13.2 Å². The third kappa shape index (κ3) is 4.36. The van der Waals surface area contributed by atoms with Gasteiger partial charge in [0.15, 0.2) is 0 Å². The monoisotopic (exact) mass is 339 g/mol. The van der Waals surface area contributed by atoms with Crippen LogP contribution in [0.3, 0.4) is 0 Å². The first kappa shape index (κ1) is 17.0. The SMILES string of the molecule is CC1CN(Cc2nccn2CC(F)(F)F)CC(c2ccccc2)O1. The summed E-state index contributed by atoms with van der Waals surface area (Å²) in [5.74, 6) is 0.424. The average Bonchev–Trinajstić information content (AvgIpc) is 2.92. The Balaban J connectivity index is 1.70. The molecule has 2 heterocycles. The summed E-state index contributed by atoms with van der Waals surface area (Å²) in [6.45, 7) is 2.64. The molecule has 1 aliphatic heterocycles. The Bertz CT molecular complexity index is 657. The number of hydrogen-bond acceptors (Lipinski definition) is 3. The lowest BCUT2D eigenvalue weighted by Gasteiger charge is -2.36. The number of rotatable bonds is 4. The number of morpholine rings is 1. The van der Waals surface area contributed by atoms with Crippen molar-refractivity contribution in [1.29, 1.82) is 0 Å². The van der Waals surface area contributed by atoms with Gasteiger partial charge in [-0.25, -0.2) is 4.98 Å². The Morgan fingerprint density at radius 1 is 1.21 bits per heavy atom. The summed E-state index contributed by atoms with van der Waals surface area (Å²) < 4.78 is 45.1. The molecule has 1 saturated heterocycles. The molecule has 0 aliphatic carbocycles. The average molecular weight is 339 g/mol. The highest BCUT2D eigenvalue weighted by atomic mass is 19.4. The molecule has 0 spiro atoms. The molecule has 1 aliphatic rings. The minimum atomic E-state index is -4.25. The van der Waals surface area contributed by atoms with E-state index in [9.17, 15) is 13.2 Å². The maximum absolute atomic E-state index is 12.6. The van der Waals surface area contributed by atoms with Crippen LogP contribution < -0.4 is 0 Å². The summed E-state index contributed by atoms with van der Waals surface area (Å²) in [5, 5.41) is 0. The van der Waals surface area contributed by atoms with Crippen molar-refractivity contribution in [1.82, 2.24) is 14.5 Å². The number of ether oxygens (including phenoxy) is 1. The number of nitrogens with zero attached hydrogens (tertiary/aromatic N) is 3. The van der Waals surface area contributed by atoms with Crippen molar-refractivity contribution in [3.8, 4) is 0 Å². The van der Waals surface area contributed by atoms with Gasteiger partial charge in [0.25, 0.3) is 0 Å². The molecular formula is C17H20F3N3O. The zero-order valence-corrected chi connectivity index (χ0v) is 13.4. The summed E-state index contributed by atoms with van der Waals surface area (Å²) in [5.41, 5.74) is 1.08. The molecule has 0 N–H and O–H groups in total. The van der Waals surface area contributed by atoms with Crippen LogP contribution in [0, 0.1) is 0 Å². The van der Waals surface area contributed by atoms with E-state index in [1.54, 1.807) is 0 Å². The Morgan fingerprint density at radius 2 is 1.96 bits per heavy atom. The van der Waals surface area contributed by atoms with Gasteiger partial charge in [0.2, 0.25) is 0 Å². The number of benzene rings is 1. The quantitative estimate of drug-likeness (QED) is 0.855. The van der Waals surface area contributed by atoms with E-state index in [0.717, 1.165) is 10.1 Å². The van der Waals surface area contributed by atoms with E-state index < -0.39 is 12.7 Å². The zero-order chi connectivity index (χ0) is 17.2. The predicted octanol–water partition coefficient (Wildman–Crippen LogP) is 3.41. The minimum Gasteiger partial charge on any atom is -0.368 e. The van der Waals surface area contributed by atoms with Crippen LogP contribution in [0.5, 0.6) is 0 Å². The predicted molar refractivity (Wildman–Crippen MR) is 83.3 cm³/mol. The first-order valence-electron chi connectivity index (χ1n) is 7.90. The molecule has 0 bridgehead atoms. The van der Waals surface area contributed by atoms with Crippen LogP contribution in [0.15, 0.2) is 42.7 Å². The second-order valence-corrected chi connectivity index (χ2v) is 6.13. The summed E-state index contributed by atoms with van der Waals surface area (Å²) >= 11 is 0. The van der Waals surface area contributed by atoms with Gasteiger partial charge in [0, 0.05) is 25.5 Å². The third-order valence-electron chi connectivity index (χ3n) is 4.02. The lowest BCUT2D eigenvalue weighted by Crippen LogP contribution is -2.42. The number of aromatic nitrogens is 2. The van der Waals surface area contributed by atoms with Crippen LogP contribution in [0.25, 0.3) is 0 Å². The Kier molecular flexibility index (Phi) is 4.91. The first-order chi connectivity index (χ1) is 11.4. The van der Waals surface area contributed by atoms with E-state index in [1.165, 1.54) is 12.4 Å². The van der Waals surface area contributed by atoms with E-state index in [-0.39, 0.29) is 12.2 Å². The lowest BCUT2D eigenvalue weighted by molar-refractivity contribution is -0.141. The number of halogens is 3. The standard InChI is InChI=1S/C17H20F3N3O/c1-13-9-22(10-15(24-13)14-5-3-2-4-6-14)11-16-21-7-8-23(16)12-17(18,19)20/h2-8,13,15H,9-12H2,1H3. The van der Waals surface area contributed by atoms with Crippen molar-refractivity contribution in [2.45, 2.75) is 38.4 Å². The highest BCUT2D eigenvalue weighted by Crippen LogP contribution is 2.26. The highest BCUT2D eigenvalue weighted by Gasteiger charge is 2.30. The molecule has 130 valence electrons. The molecule has 0 amide bonds. The van der Waals surface area contributed by atoms with E-state index in [4.69, 9.17) is 4.74 Å². The van der Waals surface area contributed by atoms with Crippen molar-refractivity contribution in [3.63, 3.8) is 0 Å². The smallest absolute Gasteiger partial charge is 0.368 e. The number of alkyl halides is 3. The fraction of sp³-hybridized carbons (Fsp3) is 0.471. The Labute approximate surface area is 138 Å². The van der Waals surface area contributed by atoms with Gasteiger partial charge < -0.3 is 9.30 Å². The summed E-state index contributed by atoms with van der Waals surface area (Å²) in [7, 11) is 0. The molecule has 7 heteroatoms. The second-order valence-electron chi connectivity index (χ2n) is 6.13. The molecule has 2 atom stereocenters. The van der Waals surface area contributed by atoms with Gasteiger partial charge in [-0.3, -0.25) is 4.90 Å². The summed E-state index contributed by atoms with van der Waals surface area (Å²) in [6.07, 6.45) is -1.53. The van der Waals surface area contributed by atoms with Crippen LogP contribution in [-0.2, 0) is 17.8 Å². The van der Waals surface area contributed by atoms with Crippen molar-refractivity contribution in [3.05, 3.63) is 54.1 Å². The normalized spacial score (nSPS) is 22.7. The molecule has 1 fully saturated rings. The van der Waals surface area contributed by atoms with Crippen molar-refractivity contribution >= 4 is 0 Å². The molecule has 2 unspecified atom stereocenters. The van der Waals surface area contributed by atoms with E-state index in [0.29, 0.717) is 25.5 Å². The van der Waals surface area contributed by atoms with Gasteiger partial charge in [0.05, 0.1) is 18.8 Å². The van der Waals surface area contributed by atoms with Crippen LogP contribution in [-0.4, -0.2) is 39.8 Å². The second kappa shape index (κ2) is 6.94. The van der Waals surface area contributed by atoms with Gasteiger partial charge in [0.1, 0.15) is 12.4 Å². The van der Waals surface area contributed by atoms with Gasteiger partial charge in [-0.15, -0.1) is 0 Å². The molecule has 1 aromatic heterocycles. The Hall–Kier alpha value is -1.86. The number of imidazole rings is 1. The summed E-state index contributed by atoms with van der Waals surface area (Å²) in [4.78, 5) is 6.20. The first-order valence-corrected chi connectivity index (χ1v) is 7.90. The zero-order valence-electron chi connectivity index (χ0n) is 13.4. The minimum absolute atomic E-state index is 0.00924. The van der Waals surface area contributed by atoms with E-state index in [1.807, 2.05) is 37.3 Å². The largest absolute Gasteiger partial charge is 0.406 e. The third-order valence-corrected chi connectivity index (χ3v) is 4.02. The maximum Gasteiger partial charge on any atom is 0.406 e. The van der Waals surface area contributed by atoms with Crippen molar-refractivity contribution in [2.24, 2.45) is 0 Å². The van der Waals surface area contributed by atoms with Crippen LogP contribution >= 0.6 is 0 Å². The van der Waals surface area contributed by atoms with Gasteiger partial charge in [-0.1, -0.05) is 30.3 Å². The van der Waals surface area contributed by atoms with Gasteiger partial charge >= 0.3 is 6.18 Å². The lowest BCUT2D eigenvalue weighted by atomic mass is 10.1. The molecular weight excluding hydrogens is 319 g/mol. The van der Waals surface area contributed by atoms with Crippen molar-refractivity contribution < 1.29 is 17.9 Å². The topological polar surface area (TPSA) is 30.3 Å². The molecule has 1 aromatic carbocycles. The summed E-state index contributed by atoms with van der Waals surface area (Å²) in [6, 6.07) is 9.87. The molecule has 4 nitrogen and oxygen atoms in total. The Morgan fingerprint density at radius 3 is 2.67 bits per heavy atom. The van der Waals surface area contributed by atoms with E-state index >= 15 is 0 Å². The molecule has 3 rings (SSSR count). The van der Waals surface area contributed by atoms with Gasteiger partial charge in [-0.05, 0) is 12.5 Å². The highest BCUT2D eigenvalue weighted by molar-refractivity contribution is 5.18. The number of hydrogen-bond donors (Lipinski definition) is 0. The van der Waals surface area contributed by atoms with Crippen LogP contribution in [0.2, 0.25) is 0 Å². The fourth-order valence-corrected chi connectivity index (χ4v) is 3.05.